The number of hydrogen-bond acceptors (Lipinski definition) is 1. The minimum Gasteiger partial charge on any atom is -0.464 e. The van der Waals surface area contributed by atoms with Crippen molar-refractivity contribution in [3.63, 3.8) is 0 Å². The monoisotopic (exact) mass is 360 g/mol. The van der Waals surface area contributed by atoms with Crippen molar-refractivity contribution in [1.29, 1.82) is 0 Å². The van der Waals surface area contributed by atoms with Crippen LogP contribution < -0.4 is 0 Å². The lowest BCUT2D eigenvalue weighted by atomic mass is 9.62. The van der Waals surface area contributed by atoms with Crippen molar-refractivity contribution in [3.05, 3.63) is 120 Å². The first-order valence-corrected chi connectivity index (χ1v) is 9.90. The predicted octanol–water partition coefficient (Wildman–Crippen LogP) is 6.88. The Labute approximate surface area is 164 Å². The quantitative estimate of drug-likeness (QED) is 0.380. The van der Waals surface area contributed by atoms with Gasteiger partial charge in [0.1, 0.15) is 5.58 Å². The SMILES string of the molecule is C1=CCC(C2(c3ccccc3)c3ccccc3-c3c2ccc2ccoc32)C=C1. The maximum absolute atomic E-state index is 6.00. The van der Waals surface area contributed by atoms with E-state index in [0.29, 0.717) is 5.92 Å². The fraction of sp³-hybridized carbons (Fsp3) is 0.111. The number of furan rings is 1. The third-order valence-corrected chi connectivity index (χ3v) is 6.43. The van der Waals surface area contributed by atoms with E-state index in [2.05, 4.69) is 97.1 Å². The first-order valence-electron chi connectivity index (χ1n) is 9.90. The van der Waals surface area contributed by atoms with Crippen LogP contribution in [0.5, 0.6) is 0 Å². The van der Waals surface area contributed by atoms with Crippen molar-refractivity contribution in [2.75, 3.05) is 0 Å². The summed E-state index contributed by atoms with van der Waals surface area (Å²) >= 11 is 0. The van der Waals surface area contributed by atoms with Crippen LogP contribution in [0, 0.1) is 5.92 Å². The third kappa shape index (κ3) is 1.91. The van der Waals surface area contributed by atoms with Crippen LogP contribution in [0.25, 0.3) is 22.1 Å². The molecule has 0 amide bonds. The van der Waals surface area contributed by atoms with Crippen molar-refractivity contribution < 1.29 is 4.42 Å². The molecule has 0 N–H and O–H groups in total. The standard InChI is InChI=1S/C27H20O/c1-3-9-20(10-4-1)27(21-11-5-2-6-12-21)23-14-8-7-13-22(23)25-24(27)16-15-19-17-18-28-26(19)25/h1-11,13-18,21H,12H2. The van der Waals surface area contributed by atoms with Gasteiger partial charge < -0.3 is 4.42 Å². The fourth-order valence-electron chi connectivity index (χ4n) is 5.35. The molecule has 0 fully saturated rings. The molecule has 0 saturated heterocycles. The van der Waals surface area contributed by atoms with E-state index in [-0.39, 0.29) is 5.41 Å². The van der Waals surface area contributed by atoms with Crippen LogP contribution in [0.4, 0.5) is 0 Å². The second-order valence-electron chi connectivity index (χ2n) is 7.70. The van der Waals surface area contributed by atoms with Gasteiger partial charge in [0.25, 0.3) is 0 Å². The highest BCUT2D eigenvalue weighted by molar-refractivity contribution is 6.00. The molecule has 0 bridgehead atoms. The van der Waals surface area contributed by atoms with Crippen LogP contribution in [0.2, 0.25) is 0 Å². The van der Waals surface area contributed by atoms with Crippen LogP contribution >= 0.6 is 0 Å². The van der Waals surface area contributed by atoms with E-state index < -0.39 is 0 Å². The lowest BCUT2D eigenvalue weighted by Crippen LogP contribution is -2.35. The molecule has 134 valence electrons. The largest absolute Gasteiger partial charge is 0.464 e. The van der Waals surface area contributed by atoms with Crippen molar-refractivity contribution in [3.8, 4) is 11.1 Å². The molecule has 6 rings (SSSR count). The van der Waals surface area contributed by atoms with Gasteiger partial charge in [-0.15, -0.1) is 0 Å². The van der Waals surface area contributed by atoms with Crippen molar-refractivity contribution in [2.24, 2.45) is 5.92 Å². The summed E-state index contributed by atoms with van der Waals surface area (Å²) < 4.78 is 6.00. The number of allylic oxidation sites excluding steroid dienone is 4. The Bertz CT molecular complexity index is 1240. The molecular formula is C27H20O. The van der Waals surface area contributed by atoms with Crippen molar-refractivity contribution in [2.45, 2.75) is 11.8 Å². The van der Waals surface area contributed by atoms with E-state index in [1.165, 1.54) is 27.8 Å². The fourth-order valence-corrected chi connectivity index (χ4v) is 5.35. The van der Waals surface area contributed by atoms with Gasteiger partial charge in [-0.05, 0) is 40.7 Å². The lowest BCUT2D eigenvalue weighted by molar-refractivity contribution is 0.457. The minimum atomic E-state index is -0.213. The van der Waals surface area contributed by atoms with Crippen LogP contribution in [0.3, 0.4) is 0 Å². The molecule has 0 aliphatic heterocycles. The molecular weight excluding hydrogens is 340 g/mol. The molecule has 2 aliphatic carbocycles. The van der Waals surface area contributed by atoms with Gasteiger partial charge in [0.2, 0.25) is 0 Å². The molecule has 0 spiro atoms. The van der Waals surface area contributed by atoms with Crippen LogP contribution in [-0.4, -0.2) is 0 Å². The molecule has 2 aliphatic rings. The summed E-state index contributed by atoms with van der Waals surface area (Å²) in [6.07, 6.45) is 11.9. The van der Waals surface area contributed by atoms with Gasteiger partial charge in [-0.3, -0.25) is 0 Å². The molecule has 28 heavy (non-hydrogen) atoms. The average Bonchev–Trinajstić information content (AvgIpc) is 3.36. The number of fused-ring (bicyclic) bond motifs is 5. The first kappa shape index (κ1) is 15.7. The first-order chi connectivity index (χ1) is 13.9. The Kier molecular flexibility index (Phi) is 3.28. The molecule has 0 radical (unpaired) electrons. The second-order valence-corrected chi connectivity index (χ2v) is 7.70. The zero-order chi connectivity index (χ0) is 18.6. The third-order valence-electron chi connectivity index (χ3n) is 6.43. The van der Waals surface area contributed by atoms with E-state index in [1.807, 2.05) is 0 Å². The van der Waals surface area contributed by atoms with Gasteiger partial charge >= 0.3 is 0 Å². The van der Waals surface area contributed by atoms with Crippen LogP contribution in [-0.2, 0) is 5.41 Å². The molecule has 1 aromatic heterocycles. The lowest BCUT2D eigenvalue weighted by Gasteiger charge is -2.39. The Balaban J connectivity index is 1.79. The van der Waals surface area contributed by atoms with Gasteiger partial charge in [-0.2, -0.15) is 0 Å². The zero-order valence-corrected chi connectivity index (χ0v) is 15.5. The van der Waals surface area contributed by atoms with Crippen molar-refractivity contribution in [1.82, 2.24) is 0 Å². The molecule has 2 atom stereocenters. The number of rotatable bonds is 2. The maximum atomic E-state index is 6.00. The summed E-state index contributed by atoms with van der Waals surface area (Å²) in [4.78, 5) is 0. The molecule has 3 aromatic carbocycles. The topological polar surface area (TPSA) is 13.1 Å². The summed E-state index contributed by atoms with van der Waals surface area (Å²) in [5, 5.41) is 1.16. The van der Waals surface area contributed by atoms with E-state index in [9.17, 15) is 0 Å². The van der Waals surface area contributed by atoms with Gasteiger partial charge in [0.15, 0.2) is 0 Å². The normalized spacial score (nSPS) is 22.4. The molecule has 2 unspecified atom stereocenters. The van der Waals surface area contributed by atoms with E-state index in [0.717, 1.165) is 17.4 Å². The van der Waals surface area contributed by atoms with Crippen LogP contribution in [0.1, 0.15) is 23.1 Å². The van der Waals surface area contributed by atoms with E-state index in [1.54, 1.807) is 6.26 Å². The average molecular weight is 360 g/mol. The zero-order valence-electron chi connectivity index (χ0n) is 15.5. The van der Waals surface area contributed by atoms with Gasteiger partial charge in [-0.1, -0.05) is 91.0 Å². The number of hydrogen-bond donors (Lipinski definition) is 0. The van der Waals surface area contributed by atoms with Crippen molar-refractivity contribution >= 4 is 11.0 Å². The van der Waals surface area contributed by atoms with Gasteiger partial charge in [-0.25, -0.2) is 0 Å². The second kappa shape index (κ2) is 5.84. The molecule has 1 heteroatoms. The Morgan fingerprint density at radius 1 is 0.786 bits per heavy atom. The Hall–Kier alpha value is -3.32. The minimum absolute atomic E-state index is 0.213. The molecule has 4 aromatic rings. The molecule has 1 nitrogen and oxygen atoms in total. The highest BCUT2D eigenvalue weighted by Crippen LogP contribution is 2.59. The maximum Gasteiger partial charge on any atom is 0.141 e. The molecule has 0 saturated carbocycles. The predicted molar refractivity (Wildman–Crippen MR) is 114 cm³/mol. The summed E-state index contributed by atoms with van der Waals surface area (Å²) in [6.45, 7) is 0. The van der Waals surface area contributed by atoms with Gasteiger partial charge in [0, 0.05) is 10.9 Å². The van der Waals surface area contributed by atoms with E-state index in [4.69, 9.17) is 4.42 Å². The highest BCUT2D eigenvalue weighted by Gasteiger charge is 2.49. The summed E-state index contributed by atoms with van der Waals surface area (Å²) in [7, 11) is 0. The Morgan fingerprint density at radius 3 is 2.50 bits per heavy atom. The number of benzene rings is 3. The summed E-state index contributed by atoms with van der Waals surface area (Å²) in [5.41, 5.74) is 7.41. The summed E-state index contributed by atoms with van der Waals surface area (Å²) in [6, 6.07) is 26.5. The Morgan fingerprint density at radius 2 is 1.64 bits per heavy atom. The smallest absolute Gasteiger partial charge is 0.141 e. The highest BCUT2D eigenvalue weighted by atomic mass is 16.3. The summed E-state index contributed by atoms with van der Waals surface area (Å²) in [5.74, 6) is 0.356. The van der Waals surface area contributed by atoms with Crippen LogP contribution in [0.15, 0.2) is 108 Å². The van der Waals surface area contributed by atoms with Gasteiger partial charge in [0.05, 0.1) is 11.7 Å². The van der Waals surface area contributed by atoms with E-state index >= 15 is 0 Å². The molecule has 1 heterocycles.